The molecule has 2 saturated carbocycles. The van der Waals surface area contributed by atoms with E-state index in [1.807, 2.05) is 20.0 Å². The van der Waals surface area contributed by atoms with Crippen molar-refractivity contribution in [2.75, 3.05) is 6.44 Å². The van der Waals surface area contributed by atoms with Crippen LogP contribution in [0.25, 0.3) is 0 Å². The van der Waals surface area contributed by atoms with E-state index >= 15 is 0 Å². The number of carbonyl (C=O) groups excluding carboxylic acids is 4. The number of imide groups is 2. The fraction of sp³-hybridized carbons (Fsp3) is 0.579. The maximum absolute atomic E-state index is 14.3. The van der Waals surface area contributed by atoms with Crippen LogP contribution in [0.4, 0.5) is 0 Å². The summed E-state index contributed by atoms with van der Waals surface area (Å²) in [6, 6.07) is 0. The third-order valence-corrected chi connectivity index (χ3v) is 11.7. The van der Waals surface area contributed by atoms with Crippen molar-refractivity contribution < 1.29 is 19.2 Å². The smallest absolute Gasteiger partial charge is 0.234 e. The molecule has 8 atom stereocenters. The van der Waals surface area contributed by atoms with Crippen LogP contribution < -0.4 is 0 Å². The van der Waals surface area contributed by atoms with Crippen LogP contribution in [0.1, 0.15) is 80.8 Å². The van der Waals surface area contributed by atoms with Crippen LogP contribution in [-0.4, -0.2) is 47.7 Å². The summed E-state index contributed by atoms with van der Waals surface area (Å²) in [5, 5.41) is 0. The zero-order valence-corrected chi connectivity index (χ0v) is 28.2. The van der Waals surface area contributed by atoms with Gasteiger partial charge in [-0.3, -0.25) is 29.0 Å². The molecule has 1 aromatic rings. The molecule has 4 amide bonds. The summed E-state index contributed by atoms with van der Waals surface area (Å²) < 4.78 is 0. The first kappa shape index (κ1) is 33.2. The van der Waals surface area contributed by atoms with Crippen LogP contribution >= 0.6 is 0 Å². The van der Waals surface area contributed by atoms with Crippen molar-refractivity contribution in [3.05, 3.63) is 70.8 Å². The Hall–Kier alpha value is -3.22. The van der Waals surface area contributed by atoms with Crippen molar-refractivity contribution in [3.8, 4) is 0 Å². The van der Waals surface area contributed by atoms with E-state index < -0.39 is 11.8 Å². The highest BCUT2D eigenvalue weighted by Crippen LogP contribution is 2.52. The largest absolute Gasteiger partial charge is 0.291 e. The van der Waals surface area contributed by atoms with E-state index in [1.54, 1.807) is 4.90 Å². The highest BCUT2D eigenvalue weighted by atomic mass is 16.2. The van der Waals surface area contributed by atoms with Crippen LogP contribution in [0.2, 0.25) is 0 Å². The van der Waals surface area contributed by atoms with Crippen molar-refractivity contribution in [2.45, 2.75) is 86.1 Å². The minimum absolute atomic E-state index is 0.0410. The lowest BCUT2D eigenvalue weighted by Crippen LogP contribution is -2.34. The van der Waals surface area contributed by atoms with Crippen LogP contribution in [0.5, 0.6) is 0 Å². The fourth-order valence-electron chi connectivity index (χ4n) is 9.78. The average molecular weight is 611 g/mol. The molecule has 0 N–H and O–H groups in total. The van der Waals surface area contributed by atoms with Gasteiger partial charge in [-0.2, -0.15) is 0 Å². The number of nitrogens with zero attached hydrogens (tertiary/aromatic N) is 2. The second kappa shape index (κ2) is 13.3. The van der Waals surface area contributed by atoms with E-state index in [9.17, 15) is 19.2 Å². The van der Waals surface area contributed by atoms with Gasteiger partial charge in [0.05, 0.1) is 30.2 Å². The third-order valence-electron chi connectivity index (χ3n) is 11.7. The predicted molar refractivity (Wildman–Crippen MR) is 181 cm³/mol. The molecule has 5 rings (SSSR count). The Morgan fingerprint density at radius 3 is 1.18 bits per heavy atom. The van der Waals surface area contributed by atoms with Gasteiger partial charge in [-0.25, -0.2) is 0 Å². The van der Waals surface area contributed by atoms with Crippen LogP contribution in [-0.2, 0) is 57.8 Å². The number of benzene rings is 1. The fourth-order valence-corrected chi connectivity index (χ4v) is 9.78. The summed E-state index contributed by atoms with van der Waals surface area (Å²) in [4.78, 5) is 57.6. The van der Waals surface area contributed by atoms with Gasteiger partial charge in [-0.15, -0.1) is 13.2 Å². The van der Waals surface area contributed by atoms with Crippen molar-refractivity contribution in [1.82, 2.24) is 9.80 Å². The first-order valence-electron chi connectivity index (χ1n) is 17.5. The maximum Gasteiger partial charge on any atom is 0.234 e. The van der Waals surface area contributed by atoms with Gasteiger partial charge in [0.15, 0.2) is 0 Å². The molecule has 7 heteroatoms. The molecule has 1 aromatic carbocycles. The maximum atomic E-state index is 14.3. The minimum atomic E-state index is -0.432. The topological polar surface area (TPSA) is 74.8 Å². The van der Waals surface area contributed by atoms with Crippen LogP contribution in [0, 0.1) is 47.3 Å². The Bertz CT molecular complexity index is 1410. The first-order chi connectivity index (χ1) is 21.7. The summed E-state index contributed by atoms with van der Waals surface area (Å²) in [6.45, 7) is 19.4. The molecule has 0 radical (unpaired) electrons. The Balaban J connectivity index is 1.47. The quantitative estimate of drug-likeness (QED) is 0.190. The van der Waals surface area contributed by atoms with E-state index in [1.165, 1.54) is 38.3 Å². The minimum Gasteiger partial charge on any atom is -0.291 e. The summed E-state index contributed by atoms with van der Waals surface area (Å²) >= 11 is 0. The van der Waals surface area contributed by atoms with E-state index in [2.05, 4.69) is 59.9 Å². The molecule has 4 aliphatic rings. The van der Waals surface area contributed by atoms with Gasteiger partial charge in [0.1, 0.15) is 7.85 Å². The summed E-state index contributed by atoms with van der Waals surface area (Å²) in [5.74, 6) is -2.25. The normalized spacial score (nSPS) is 31.0. The molecule has 2 saturated heterocycles. The molecule has 0 spiro atoms. The zero-order chi connectivity index (χ0) is 32.7. The van der Waals surface area contributed by atoms with E-state index in [0.717, 1.165) is 32.1 Å². The molecular weight excluding hydrogens is 559 g/mol. The number of rotatable bonds is 12. The Morgan fingerprint density at radius 2 is 0.867 bits per heavy atom. The number of hydrogen-bond acceptors (Lipinski definition) is 4. The third kappa shape index (κ3) is 5.09. The lowest BCUT2D eigenvalue weighted by molar-refractivity contribution is -0.142. The molecule has 6 nitrogen and oxygen atoms in total. The predicted octanol–water partition coefficient (Wildman–Crippen LogP) is 4.99. The van der Waals surface area contributed by atoms with Crippen molar-refractivity contribution >= 4 is 31.5 Å². The second-order valence-electron chi connectivity index (χ2n) is 13.4. The number of likely N-dealkylation sites (tertiary alicyclic amines) is 2. The summed E-state index contributed by atoms with van der Waals surface area (Å²) in [5.41, 5.74) is 8.02. The summed E-state index contributed by atoms with van der Waals surface area (Å²) in [6.07, 6.45) is 14.2. The van der Waals surface area contributed by atoms with Gasteiger partial charge in [0, 0.05) is 0 Å². The van der Waals surface area contributed by atoms with Crippen LogP contribution in [0.15, 0.2) is 37.5 Å². The number of fused-ring (bicyclic) bond motifs is 2. The molecule has 4 fully saturated rings. The van der Waals surface area contributed by atoms with E-state index in [4.69, 9.17) is 0 Å². The van der Waals surface area contributed by atoms with Gasteiger partial charge in [-0.1, -0.05) is 58.9 Å². The lowest BCUT2D eigenvalue weighted by atomic mass is 9.81. The molecule has 0 aromatic heterocycles. The van der Waals surface area contributed by atoms with E-state index in [-0.39, 0.29) is 59.1 Å². The van der Waals surface area contributed by atoms with Gasteiger partial charge >= 0.3 is 0 Å². The van der Waals surface area contributed by atoms with Crippen molar-refractivity contribution in [2.24, 2.45) is 47.3 Å². The number of allylic oxidation sites excluding steroid dienone is 4. The molecule has 8 unspecified atom stereocenters. The van der Waals surface area contributed by atoms with Crippen LogP contribution in [0.3, 0.4) is 0 Å². The second-order valence-corrected chi connectivity index (χ2v) is 13.4. The summed E-state index contributed by atoms with van der Waals surface area (Å²) in [7, 11) is 1.84. The highest BCUT2D eigenvalue weighted by molar-refractivity contribution is 6.15. The number of amides is 4. The molecule has 2 aliphatic heterocycles. The Kier molecular flexibility index (Phi) is 9.77. The molecule has 0 bridgehead atoms. The van der Waals surface area contributed by atoms with Gasteiger partial charge in [-0.05, 0) is 108 Å². The number of hydrogen-bond donors (Lipinski definition) is 0. The lowest BCUT2D eigenvalue weighted by Gasteiger charge is -2.28. The molecule has 2 heterocycles. The van der Waals surface area contributed by atoms with Gasteiger partial charge in [0.2, 0.25) is 23.6 Å². The number of carbonyl (C=O) groups is 4. The molecular formula is C38H51BN2O4. The van der Waals surface area contributed by atoms with Crippen molar-refractivity contribution in [3.63, 3.8) is 0 Å². The first-order valence-corrected chi connectivity index (χ1v) is 17.5. The van der Waals surface area contributed by atoms with E-state index in [0.29, 0.717) is 25.8 Å². The Morgan fingerprint density at radius 1 is 0.556 bits per heavy atom. The van der Waals surface area contributed by atoms with Gasteiger partial charge in [0.25, 0.3) is 0 Å². The highest BCUT2D eigenvalue weighted by Gasteiger charge is 2.59. The Labute approximate surface area is 270 Å². The zero-order valence-electron chi connectivity index (χ0n) is 28.2. The molecule has 240 valence electrons. The molecule has 2 aliphatic carbocycles. The average Bonchev–Trinajstić information content (AvgIpc) is 3.75. The SMILES string of the molecule is BCN1C(=O)C2C(C=C)CC(/C=C\C3CC(C=C)C4C(=O)N(Cc5c(CC)c(CC)c(CC)c(CC)c5CC)C(=O)C34)C2C1=O. The van der Waals surface area contributed by atoms with Crippen molar-refractivity contribution in [1.29, 1.82) is 0 Å². The standard InChI is InChI=1S/C38H51BN2O4/c1-8-21-17-23(15-16-24-18-22(9-2)32-34(24)38(45)41(20-39)37(32)44)33-31(21)35(42)40(36(33)43)19-30-28(13-6)26(11-4)25(10-3)27(12-5)29(30)14-7/h8-9,15-16,21-24,31-34H,1-2,10-14,17-20,39H2,3-7H3/b16-15-. The monoisotopic (exact) mass is 610 g/mol. The van der Waals surface area contributed by atoms with Gasteiger partial charge < -0.3 is 0 Å². The molecule has 45 heavy (non-hydrogen) atoms.